The number of benzene rings is 1. The number of hydrogen-bond donors (Lipinski definition) is 3. The van der Waals surface area contributed by atoms with E-state index in [9.17, 15) is 9.59 Å². The Morgan fingerprint density at radius 3 is 2.62 bits per heavy atom. The first kappa shape index (κ1) is 14.1. The minimum absolute atomic E-state index is 0.0159. The monoisotopic (exact) mass is 288 g/mol. The van der Waals surface area contributed by atoms with Crippen LogP contribution in [0.1, 0.15) is 36.8 Å². The van der Waals surface area contributed by atoms with Crippen LogP contribution in [0.2, 0.25) is 0 Å². The number of nitrogens with one attached hydrogen (secondary N) is 2. The highest BCUT2D eigenvalue weighted by Crippen LogP contribution is 2.35. The molecule has 0 bridgehead atoms. The molecule has 1 fully saturated rings. The molecule has 0 saturated heterocycles. The van der Waals surface area contributed by atoms with Crippen molar-refractivity contribution < 1.29 is 14.7 Å². The Morgan fingerprint density at radius 1 is 1.29 bits per heavy atom. The summed E-state index contributed by atoms with van der Waals surface area (Å²) in [6.45, 7) is 0.681. The van der Waals surface area contributed by atoms with E-state index in [1.54, 1.807) is 0 Å². The standard InChI is InChI=1S/C16H20N2O3/c19-14(20)9-16(6-3-7-16)18-15(21)13-8-11-4-1-2-5-12(11)10-17-13/h1-2,4-5,13,17H,3,6-10H2,(H,18,21)(H,19,20)/t13-/m1/s1. The molecule has 1 aromatic carbocycles. The van der Waals surface area contributed by atoms with Crippen LogP contribution in [-0.2, 0) is 22.6 Å². The summed E-state index contributed by atoms with van der Waals surface area (Å²) in [4.78, 5) is 23.4. The molecule has 1 aliphatic carbocycles. The van der Waals surface area contributed by atoms with Crippen LogP contribution in [0, 0.1) is 0 Å². The van der Waals surface area contributed by atoms with Crippen molar-refractivity contribution in [1.29, 1.82) is 0 Å². The van der Waals surface area contributed by atoms with Crippen molar-refractivity contribution in [2.45, 2.75) is 50.2 Å². The Balaban J connectivity index is 1.65. The second kappa shape index (κ2) is 5.48. The third-order valence-electron chi connectivity index (χ3n) is 4.59. The Hall–Kier alpha value is -1.88. The third-order valence-corrected chi connectivity index (χ3v) is 4.59. The molecular weight excluding hydrogens is 268 g/mol. The van der Waals surface area contributed by atoms with Crippen LogP contribution in [0.3, 0.4) is 0 Å². The van der Waals surface area contributed by atoms with Crippen LogP contribution in [0.5, 0.6) is 0 Å². The van der Waals surface area contributed by atoms with E-state index in [2.05, 4.69) is 16.7 Å². The molecule has 5 heteroatoms. The summed E-state index contributed by atoms with van der Waals surface area (Å²) in [6, 6.07) is 7.82. The van der Waals surface area contributed by atoms with Crippen LogP contribution < -0.4 is 10.6 Å². The van der Waals surface area contributed by atoms with Crippen molar-refractivity contribution in [3.05, 3.63) is 35.4 Å². The Bertz CT molecular complexity index is 566. The van der Waals surface area contributed by atoms with Gasteiger partial charge in [0.25, 0.3) is 0 Å². The molecule has 0 radical (unpaired) electrons. The fourth-order valence-corrected chi connectivity index (χ4v) is 3.23. The molecule has 1 heterocycles. The first-order chi connectivity index (χ1) is 10.1. The van der Waals surface area contributed by atoms with Crippen molar-refractivity contribution in [3.8, 4) is 0 Å². The molecule has 5 nitrogen and oxygen atoms in total. The summed E-state index contributed by atoms with van der Waals surface area (Å²) >= 11 is 0. The average molecular weight is 288 g/mol. The van der Waals surface area contributed by atoms with Crippen molar-refractivity contribution in [1.82, 2.24) is 10.6 Å². The SMILES string of the molecule is O=C(O)CC1(NC(=O)[C@H]2Cc3ccccc3CN2)CCC1. The molecule has 1 atom stereocenters. The van der Waals surface area contributed by atoms with Crippen molar-refractivity contribution in [3.63, 3.8) is 0 Å². The van der Waals surface area contributed by atoms with E-state index in [4.69, 9.17) is 5.11 Å². The average Bonchev–Trinajstić information content (AvgIpc) is 2.43. The minimum Gasteiger partial charge on any atom is -0.481 e. The molecule has 0 unspecified atom stereocenters. The first-order valence-electron chi connectivity index (χ1n) is 7.42. The van der Waals surface area contributed by atoms with Gasteiger partial charge in [0.15, 0.2) is 0 Å². The Morgan fingerprint density at radius 2 is 2.00 bits per heavy atom. The molecule has 1 aromatic rings. The molecule has 1 amide bonds. The topological polar surface area (TPSA) is 78.4 Å². The first-order valence-corrected chi connectivity index (χ1v) is 7.42. The third kappa shape index (κ3) is 2.93. The van der Waals surface area contributed by atoms with Crippen LogP contribution in [0.4, 0.5) is 0 Å². The summed E-state index contributed by atoms with van der Waals surface area (Å²) in [5.74, 6) is -0.928. The molecule has 21 heavy (non-hydrogen) atoms. The maximum absolute atomic E-state index is 12.4. The maximum atomic E-state index is 12.4. The highest BCUT2D eigenvalue weighted by Gasteiger charge is 2.41. The van der Waals surface area contributed by atoms with Gasteiger partial charge in [0.1, 0.15) is 0 Å². The molecule has 0 spiro atoms. The smallest absolute Gasteiger partial charge is 0.305 e. The number of carboxylic acid groups (broad SMARTS) is 1. The molecular formula is C16H20N2O3. The largest absolute Gasteiger partial charge is 0.481 e. The highest BCUT2D eigenvalue weighted by atomic mass is 16.4. The van der Waals surface area contributed by atoms with Crippen LogP contribution in [-0.4, -0.2) is 28.6 Å². The summed E-state index contributed by atoms with van der Waals surface area (Å²) in [6.07, 6.45) is 3.17. The van der Waals surface area contributed by atoms with Crippen LogP contribution in [0.15, 0.2) is 24.3 Å². The van der Waals surface area contributed by atoms with Gasteiger partial charge < -0.3 is 15.7 Å². The number of amides is 1. The van der Waals surface area contributed by atoms with E-state index in [0.29, 0.717) is 13.0 Å². The zero-order valence-electron chi connectivity index (χ0n) is 11.9. The summed E-state index contributed by atoms with van der Waals surface area (Å²) in [5.41, 5.74) is 1.89. The van der Waals surface area contributed by atoms with Crippen LogP contribution >= 0.6 is 0 Å². The van der Waals surface area contributed by atoms with Gasteiger partial charge in [-0.1, -0.05) is 24.3 Å². The molecule has 3 rings (SSSR count). The number of carbonyl (C=O) groups is 2. The van der Waals surface area contributed by atoms with Crippen molar-refractivity contribution in [2.24, 2.45) is 0 Å². The lowest BCUT2D eigenvalue weighted by Crippen LogP contribution is -2.59. The van der Waals surface area contributed by atoms with E-state index in [1.807, 2.05) is 18.2 Å². The minimum atomic E-state index is -0.850. The fraction of sp³-hybridized carbons (Fsp3) is 0.500. The van der Waals surface area contributed by atoms with E-state index < -0.39 is 11.5 Å². The second-order valence-corrected chi connectivity index (χ2v) is 6.10. The lowest BCUT2D eigenvalue weighted by atomic mass is 9.74. The number of hydrogen-bond acceptors (Lipinski definition) is 3. The lowest BCUT2D eigenvalue weighted by Gasteiger charge is -2.42. The zero-order chi connectivity index (χ0) is 14.9. The molecule has 3 N–H and O–H groups in total. The molecule has 2 aliphatic rings. The van der Waals surface area contributed by atoms with Gasteiger partial charge >= 0.3 is 5.97 Å². The molecule has 112 valence electrons. The second-order valence-electron chi connectivity index (χ2n) is 6.10. The van der Waals surface area contributed by atoms with Gasteiger partial charge in [0.2, 0.25) is 5.91 Å². The predicted octanol–water partition coefficient (Wildman–Crippen LogP) is 1.21. The predicted molar refractivity (Wildman–Crippen MR) is 77.8 cm³/mol. The number of rotatable bonds is 4. The zero-order valence-corrected chi connectivity index (χ0v) is 11.9. The Kier molecular flexibility index (Phi) is 3.68. The van der Waals surface area contributed by atoms with Gasteiger partial charge in [-0.3, -0.25) is 9.59 Å². The Labute approximate surface area is 123 Å². The van der Waals surface area contributed by atoms with Crippen molar-refractivity contribution >= 4 is 11.9 Å². The normalized spacial score (nSPS) is 22.8. The van der Waals surface area contributed by atoms with E-state index in [1.165, 1.54) is 11.1 Å². The molecule has 0 aromatic heterocycles. The molecule has 1 saturated carbocycles. The number of aliphatic carboxylic acids is 1. The van der Waals surface area contributed by atoms with Crippen molar-refractivity contribution in [2.75, 3.05) is 0 Å². The highest BCUT2D eigenvalue weighted by molar-refractivity contribution is 5.84. The van der Waals surface area contributed by atoms with Gasteiger partial charge in [-0.25, -0.2) is 0 Å². The van der Waals surface area contributed by atoms with Gasteiger partial charge in [-0.05, 0) is 36.8 Å². The summed E-state index contributed by atoms with van der Waals surface area (Å²) in [5, 5.41) is 15.2. The van der Waals surface area contributed by atoms with Gasteiger partial charge in [-0.2, -0.15) is 0 Å². The lowest BCUT2D eigenvalue weighted by molar-refractivity contribution is -0.140. The van der Waals surface area contributed by atoms with Gasteiger partial charge in [0.05, 0.1) is 18.0 Å². The van der Waals surface area contributed by atoms with E-state index in [-0.39, 0.29) is 18.4 Å². The quantitative estimate of drug-likeness (QED) is 0.778. The number of fused-ring (bicyclic) bond motifs is 1. The summed E-state index contributed by atoms with van der Waals surface area (Å²) in [7, 11) is 0. The van der Waals surface area contributed by atoms with Crippen LogP contribution in [0.25, 0.3) is 0 Å². The number of carbonyl (C=O) groups excluding carboxylic acids is 1. The van der Waals surface area contributed by atoms with E-state index >= 15 is 0 Å². The van der Waals surface area contributed by atoms with Gasteiger partial charge in [0, 0.05) is 6.54 Å². The summed E-state index contributed by atoms with van der Waals surface area (Å²) < 4.78 is 0. The van der Waals surface area contributed by atoms with E-state index in [0.717, 1.165) is 19.3 Å². The maximum Gasteiger partial charge on any atom is 0.305 e. The van der Waals surface area contributed by atoms with Gasteiger partial charge in [-0.15, -0.1) is 0 Å². The number of carboxylic acids is 1. The fourth-order valence-electron chi connectivity index (χ4n) is 3.23. The molecule has 1 aliphatic heterocycles.